The quantitative estimate of drug-likeness (QED) is 0.675. The van der Waals surface area contributed by atoms with Crippen molar-refractivity contribution in [2.75, 3.05) is 19.8 Å². The maximum Gasteiger partial charge on any atom is 0.118 e. The average Bonchev–Trinajstić information content (AvgIpc) is 2.52. The van der Waals surface area contributed by atoms with Gasteiger partial charge in [-0.2, -0.15) is 11.8 Å². The molecule has 0 fully saturated rings. The molecular formula is C11H18NOS. The topological polar surface area (TPSA) is 16.4 Å². The first-order chi connectivity index (χ1) is 6.72. The molecule has 1 radical (unpaired) electrons. The van der Waals surface area contributed by atoms with Crippen LogP contribution in [0.25, 0.3) is 0 Å². The molecule has 0 aliphatic carbocycles. The molecule has 0 spiro atoms. The predicted octanol–water partition coefficient (Wildman–Crippen LogP) is 2.80. The zero-order valence-electron chi connectivity index (χ0n) is 8.95. The van der Waals surface area contributed by atoms with Gasteiger partial charge in [0, 0.05) is 0 Å². The van der Waals surface area contributed by atoms with Crippen LogP contribution in [-0.2, 0) is 12.3 Å². The van der Waals surface area contributed by atoms with Crippen molar-refractivity contribution in [3.63, 3.8) is 0 Å². The monoisotopic (exact) mass is 212 g/mol. The summed E-state index contributed by atoms with van der Waals surface area (Å²) < 4.78 is 5.66. The van der Waals surface area contributed by atoms with E-state index in [9.17, 15) is 0 Å². The van der Waals surface area contributed by atoms with Crippen molar-refractivity contribution < 1.29 is 4.42 Å². The van der Waals surface area contributed by atoms with E-state index in [0.717, 1.165) is 36.0 Å². The highest BCUT2D eigenvalue weighted by Gasteiger charge is 2.02. The largest absolute Gasteiger partial charge is 0.464 e. The van der Waals surface area contributed by atoms with Crippen LogP contribution in [0.2, 0.25) is 0 Å². The Balaban J connectivity index is 2.35. The molecule has 0 aliphatic rings. The van der Waals surface area contributed by atoms with Crippen LogP contribution in [0, 0.1) is 6.92 Å². The van der Waals surface area contributed by atoms with Crippen molar-refractivity contribution in [2.45, 2.75) is 18.7 Å². The molecule has 79 valence electrons. The minimum Gasteiger partial charge on any atom is -0.464 e. The predicted molar refractivity (Wildman–Crippen MR) is 62.2 cm³/mol. The van der Waals surface area contributed by atoms with Gasteiger partial charge in [-0.25, -0.2) is 0 Å². The van der Waals surface area contributed by atoms with Gasteiger partial charge >= 0.3 is 0 Å². The Kier molecular flexibility index (Phi) is 5.12. The fourth-order valence-electron chi connectivity index (χ4n) is 1.17. The fourth-order valence-corrected chi connectivity index (χ4v) is 1.88. The normalized spacial score (nSPS) is 11.1. The van der Waals surface area contributed by atoms with Crippen molar-refractivity contribution in [1.82, 2.24) is 4.90 Å². The number of thioether (sulfide) groups is 1. The van der Waals surface area contributed by atoms with Gasteiger partial charge in [-0.05, 0) is 38.4 Å². The number of nitrogens with zero attached hydrogens (tertiary/aromatic N) is 1. The zero-order chi connectivity index (χ0) is 10.4. The lowest BCUT2D eigenvalue weighted by atomic mass is 10.4. The molecule has 0 unspecified atom stereocenters. The van der Waals surface area contributed by atoms with Crippen LogP contribution < -0.4 is 0 Å². The number of hydrogen-bond acceptors (Lipinski definition) is 3. The van der Waals surface area contributed by atoms with E-state index in [1.54, 1.807) is 0 Å². The van der Waals surface area contributed by atoms with E-state index in [1.165, 1.54) is 0 Å². The molecule has 2 nitrogen and oxygen atoms in total. The molecule has 1 aromatic heterocycles. The SMILES string of the molecule is [CH2]CCSCc1ccc(CN(C)C)o1. The first-order valence-electron chi connectivity index (χ1n) is 4.81. The second-order valence-corrected chi connectivity index (χ2v) is 4.62. The number of hydrogen-bond donors (Lipinski definition) is 0. The lowest BCUT2D eigenvalue weighted by Crippen LogP contribution is -2.09. The second kappa shape index (κ2) is 6.14. The summed E-state index contributed by atoms with van der Waals surface area (Å²) in [4.78, 5) is 2.10. The molecule has 0 atom stereocenters. The molecule has 3 heteroatoms. The van der Waals surface area contributed by atoms with Crippen LogP contribution in [-0.4, -0.2) is 24.7 Å². The Labute approximate surface area is 90.7 Å². The van der Waals surface area contributed by atoms with E-state index in [0.29, 0.717) is 0 Å². The third-order valence-corrected chi connectivity index (χ3v) is 2.79. The molecule has 14 heavy (non-hydrogen) atoms. The van der Waals surface area contributed by atoms with Gasteiger partial charge in [-0.3, -0.25) is 0 Å². The van der Waals surface area contributed by atoms with Crippen LogP contribution in [0.4, 0.5) is 0 Å². The Bertz CT molecular complexity index is 258. The summed E-state index contributed by atoms with van der Waals surface area (Å²) in [5.74, 6) is 4.17. The molecule has 0 N–H and O–H groups in total. The molecule has 0 saturated carbocycles. The third-order valence-electron chi connectivity index (χ3n) is 1.72. The molecule has 0 saturated heterocycles. The maximum absolute atomic E-state index is 5.66. The molecule has 1 aromatic rings. The van der Waals surface area contributed by atoms with Crippen LogP contribution in [0.1, 0.15) is 17.9 Å². The maximum atomic E-state index is 5.66. The molecule has 1 rings (SSSR count). The van der Waals surface area contributed by atoms with Crippen LogP contribution in [0.3, 0.4) is 0 Å². The standard InChI is InChI=1S/C11H18NOS/c1-4-7-14-9-11-6-5-10(13-11)8-12(2)3/h5-6H,1,4,7-9H2,2-3H3. The lowest BCUT2D eigenvalue weighted by molar-refractivity contribution is 0.344. The highest BCUT2D eigenvalue weighted by molar-refractivity contribution is 7.98. The minimum atomic E-state index is 0.875. The van der Waals surface area contributed by atoms with Crippen LogP contribution in [0.15, 0.2) is 16.5 Å². The van der Waals surface area contributed by atoms with E-state index >= 15 is 0 Å². The lowest BCUT2D eigenvalue weighted by Gasteiger charge is -2.05. The van der Waals surface area contributed by atoms with Crippen molar-refractivity contribution in [2.24, 2.45) is 0 Å². The first-order valence-corrected chi connectivity index (χ1v) is 5.97. The van der Waals surface area contributed by atoms with Crippen LogP contribution in [0.5, 0.6) is 0 Å². The molecule has 0 bridgehead atoms. The second-order valence-electron chi connectivity index (χ2n) is 3.51. The Morgan fingerprint density at radius 3 is 2.71 bits per heavy atom. The third kappa shape index (κ3) is 4.20. The van der Waals surface area contributed by atoms with E-state index < -0.39 is 0 Å². The summed E-state index contributed by atoms with van der Waals surface area (Å²) in [5.41, 5.74) is 0. The van der Waals surface area contributed by atoms with Gasteiger partial charge in [0.2, 0.25) is 0 Å². The van der Waals surface area contributed by atoms with E-state index in [-0.39, 0.29) is 0 Å². The van der Waals surface area contributed by atoms with Crippen molar-refractivity contribution in [1.29, 1.82) is 0 Å². The zero-order valence-corrected chi connectivity index (χ0v) is 9.77. The highest BCUT2D eigenvalue weighted by Crippen LogP contribution is 2.16. The average molecular weight is 212 g/mol. The van der Waals surface area contributed by atoms with Crippen LogP contribution >= 0.6 is 11.8 Å². The smallest absolute Gasteiger partial charge is 0.118 e. The molecule has 0 aromatic carbocycles. The number of furan rings is 1. The highest BCUT2D eigenvalue weighted by atomic mass is 32.2. The summed E-state index contributed by atoms with van der Waals surface area (Å²) in [5, 5.41) is 0. The van der Waals surface area contributed by atoms with Gasteiger partial charge in [0.15, 0.2) is 0 Å². The van der Waals surface area contributed by atoms with Gasteiger partial charge in [0.05, 0.1) is 12.3 Å². The van der Waals surface area contributed by atoms with Crippen molar-refractivity contribution >= 4 is 11.8 Å². The fraction of sp³-hybridized carbons (Fsp3) is 0.545. The first kappa shape index (κ1) is 11.7. The Morgan fingerprint density at radius 1 is 1.36 bits per heavy atom. The van der Waals surface area contributed by atoms with Gasteiger partial charge in [0.25, 0.3) is 0 Å². The van der Waals surface area contributed by atoms with Gasteiger partial charge in [-0.15, -0.1) is 0 Å². The Morgan fingerprint density at radius 2 is 2.07 bits per heavy atom. The number of rotatable bonds is 6. The van der Waals surface area contributed by atoms with Gasteiger partial charge in [0.1, 0.15) is 11.5 Å². The van der Waals surface area contributed by atoms with E-state index in [1.807, 2.05) is 25.9 Å². The van der Waals surface area contributed by atoms with Gasteiger partial charge in [-0.1, -0.05) is 6.92 Å². The summed E-state index contributed by atoms with van der Waals surface area (Å²) in [6.45, 7) is 4.68. The summed E-state index contributed by atoms with van der Waals surface area (Å²) >= 11 is 1.87. The van der Waals surface area contributed by atoms with E-state index in [2.05, 4.69) is 24.0 Å². The van der Waals surface area contributed by atoms with Crippen molar-refractivity contribution in [3.8, 4) is 0 Å². The minimum absolute atomic E-state index is 0.875. The molecule has 0 amide bonds. The summed E-state index contributed by atoms with van der Waals surface area (Å²) in [7, 11) is 4.08. The van der Waals surface area contributed by atoms with E-state index in [4.69, 9.17) is 4.42 Å². The summed E-state index contributed by atoms with van der Waals surface area (Å²) in [6, 6.07) is 4.12. The van der Waals surface area contributed by atoms with Gasteiger partial charge < -0.3 is 9.32 Å². The molecular weight excluding hydrogens is 194 g/mol. The molecule has 1 heterocycles. The molecule has 0 aliphatic heterocycles. The summed E-state index contributed by atoms with van der Waals surface area (Å²) in [6.07, 6.45) is 0.982. The Hall–Kier alpha value is -0.410. The van der Waals surface area contributed by atoms with Crippen molar-refractivity contribution in [3.05, 3.63) is 30.6 Å².